The molecule has 0 radical (unpaired) electrons. The van der Waals surface area contributed by atoms with Crippen molar-refractivity contribution in [2.45, 2.75) is 74.7 Å². The molecule has 0 heterocycles. The van der Waals surface area contributed by atoms with E-state index >= 15 is 0 Å². The van der Waals surface area contributed by atoms with Crippen molar-refractivity contribution in [3.8, 4) is 0 Å². The quantitative estimate of drug-likeness (QED) is 0.470. The standard InChI is InChI=1S/C23H36/c1-18(11-9-12-19(2)17-22(4,5)6)14-15-21-20(3)13-10-16-23(21,7)8/h9,11-12,14-15,17H,10,13,16H2,1-8H3/b12-9+,15-14+,18-11+,19-17-. The van der Waals surface area contributed by atoms with Gasteiger partial charge in [-0.15, -0.1) is 0 Å². The summed E-state index contributed by atoms with van der Waals surface area (Å²) in [5.74, 6) is 0. The molecule has 0 saturated carbocycles. The second kappa shape index (κ2) is 7.99. The summed E-state index contributed by atoms with van der Waals surface area (Å²) in [5.41, 5.74) is 6.27. The number of rotatable bonds is 4. The Labute approximate surface area is 144 Å². The maximum atomic E-state index is 2.37. The summed E-state index contributed by atoms with van der Waals surface area (Å²) in [7, 11) is 0. The fraction of sp³-hybridized carbons (Fsp3) is 0.565. The Balaban J connectivity index is 2.79. The molecule has 0 saturated heterocycles. The lowest BCUT2D eigenvalue weighted by molar-refractivity contribution is 0.377. The van der Waals surface area contributed by atoms with Gasteiger partial charge in [0.15, 0.2) is 0 Å². The van der Waals surface area contributed by atoms with Gasteiger partial charge < -0.3 is 0 Å². The summed E-state index contributed by atoms with van der Waals surface area (Å²) in [6, 6.07) is 0. The molecule has 0 bridgehead atoms. The van der Waals surface area contributed by atoms with E-state index < -0.39 is 0 Å². The van der Waals surface area contributed by atoms with Gasteiger partial charge in [0.1, 0.15) is 0 Å². The van der Waals surface area contributed by atoms with Crippen LogP contribution in [0.25, 0.3) is 0 Å². The van der Waals surface area contributed by atoms with Gasteiger partial charge in [-0.2, -0.15) is 0 Å². The molecule has 1 aliphatic carbocycles. The van der Waals surface area contributed by atoms with E-state index in [9.17, 15) is 0 Å². The molecule has 0 nitrogen and oxygen atoms in total. The van der Waals surface area contributed by atoms with Gasteiger partial charge in [-0.25, -0.2) is 0 Å². The number of allylic oxidation sites excluding steroid dienone is 10. The van der Waals surface area contributed by atoms with Gasteiger partial charge in [0.2, 0.25) is 0 Å². The zero-order chi connectivity index (χ0) is 17.7. The zero-order valence-electron chi connectivity index (χ0n) is 16.6. The van der Waals surface area contributed by atoms with Crippen molar-refractivity contribution in [1.82, 2.24) is 0 Å². The van der Waals surface area contributed by atoms with Gasteiger partial charge in [0, 0.05) is 0 Å². The van der Waals surface area contributed by atoms with Crippen LogP contribution in [0, 0.1) is 10.8 Å². The lowest BCUT2D eigenvalue weighted by Gasteiger charge is -2.32. The van der Waals surface area contributed by atoms with E-state index in [1.165, 1.54) is 36.0 Å². The minimum absolute atomic E-state index is 0.240. The maximum Gasteiger partial charge on any atom is -0.0104 e. The van der Waals surface area contributed by atoms with Gasteiger partial charge in [0.25, 0.3) is 0 Å². The van der Waals surface area contributed by atoms with Crippen molar-refractivity contribution in [3.05, 3.63) is 58.7 Å². The van der Waals surface area contributed by atoms with Crippen LogP contribution in [0.5, 0.6) is 0 Å². The molecule has 128 valence electrons. The van der Waals surface area contributed by atoms with Crippen molar-refractivity contribution < 1.29 is 0 Å². The molecule has 1 aliphatic rings. The molecule has 0 fully saturated rings. The highest BCUT2D eigenvalue weighted by Crippen LogP contribution is 2.40. The van der Waals surface area contributed by atoms with Crippen LogP contribution in [0.4, 0.5) is 0 Å². The van der Waals surface area contributed by atoms with Gasteiger partial charge in [-0.3, -0.25) is 0 Å². The Morgan fingerprint density at radius 2 is 1.70 bits per heavy atom. The fourth-order valence-electron chi connectivity index (χ4n) is 3.36. The van der Waals surface area contributed by atoms with Crippen LogP contribution in [0.3, 0.4) is 0 Å². The second-order valence-electron chi connectivity index (χ2n) is 8.79. The van der Waals surface area contributed by atoms with E-state index in [2.05, 4.69) is 91.8 Å². The van der Waals surface area contributed by atoms with Crippen molar-refractivity contribution in [2.24, 2.45) is 10.8 Å². The Hall–Kier alpha value is -1.30. The van der Waals surface area contributed by atoms with Gasteiger partial charge in [-0.1, -0.05) is 87.8 Å². The first kappa shape index (κ1) is 19.7. The number of hydrogen-bond donors (Lipinski definition) is 0. The zero-order valence-corrected chi connectivity index (χ0v) is 16.6. The normalized spacial score (nSPS) is 20.9. The number of hydrogen-bond acceptors (Lipinski definition) is 0. The first-order valence-electron chi connectivity index (χ1n) is 8.94. The van der Waals surface area contributed by atoms with Crippen LogP contribution < -0.4 is 0 Å². The van der Waals surface area contributed by atoms with E-state index in [1.807, 2.05) is 0 Å². The van der Waals surface area contributed by atoms with Crippen molar-refractivity contribution >= 4 is 0 Å². The van der Waals surface area contributed by atoms with E-state index in [0.717, 1.165) is 0 Å². The van der Waals surface area contributed by atoms with E-state index in [4.69, 9.17) is 0 Å². The minimum Gasteiger partial charge on any atom is -0.0762 e. The molecule has 0 amide bonds. The van der Waals surface area contributed by atoms with Gasteiger partial charge >= 0.3 is 0 Å². The molecule has 0 aromatic rings. The summed E-state index contributed by atoms with van der Waals surface area (Å²) in [4.78, 5) is 0. The van der Waals surface area contributed by atoms with Crippen LogP contribution in [0.15, 0.2) is 58.7 Å². The summed E-state index contributed by atoms with van der Waals surface area (Å²) in [6.45, 7) is 18.1. The molecule has 0 aliphatic heterocycles. The third-order valence-electron chi connectivity index (χ3n) is 4.43. The first-order valence-corrected chi connectivity index (χ1v) is 8.94. The molecule has 0 aromatic heterocycles. The summed E-state index contributed by atoms with van der Waals surface area (Å²) < 4.78 is 0. The predicted molar refractivity (Wildman–Crippen MR) is 106 cm³/mol. The predicted octanol–water partition coefficient (Wildman–Crippen LogP) is 7.56. The molecular formula is C23H36. The molecule has 0 N–H and O–H groups in total. The summed E-state index contributed by atoms with van der Waals surface area (Å²) in [6.07, 6.45) is 17.3. The van der Waals surface area contributed by atoms with E-state index in [-0.39, 0.29) is 5.41 Å². The highest BCUT2D eigenvalue weighted by Gasteiger charge is 2.26. The van der Waals surface area contributed by atoms with Crippen LogP contribution in [0.1, 0.15) is 74.7 Å². The Kier molecular flexibility index (Phi) is 6.86. The fourth-order valence-corrected chi connectivity index (χ4v) is 3.36. The highest BCUT2D eigenvalue weighted by atomic mass is 14.3. The third-order valence-corrected chi connectivity index (χ3v) is 4.43. The highest BCUT2D eigenvalue weighted by molar-refractivity contribution is 5.37. The van der Waals surface area contributed by atoms with Gasteiger partial charge in [0.05, 0.1) is 0 Å². The Bertz CT molecular complexity index is 551. The molecule has 0 spiro atoms. The minimum atomic E-state index is 0.240. The monoisotopic (exact) mass is 312 g/mol. The second-order valence-corrected chi connectivity index (χ2v) is 8.79. The van der Waals surface area contributed by atoms with Gasteiger partial charge in [-0.05, 0) is 56.4 Å². The SMILES string of the molecule is CC1=C(/C=C/C(C)=C/C=C/C(C)=C\C(C)(C)C)C(C)(C)CCC1. The molecule has 0 unspecified atom stereocenters. The largest absolute Gasteiger partial charge is 0.0762 e. The van der Waals surface area contributed by atoms with Crippen molar-refractivity contribution in [3.63, 3.8) is 0 Å². The van der Waals surface area contributed by atoms with E-state index in [1.54, 1.807) is 5.57 Å². The first-order chi connectivity index (χ1) is 10.5. The molecule has 0 heteroatoms. The molecule has 1 rings (SSSR count). The molecular weight excluding hydrogens is 276 g/mol. The van der Waals surface area contributed by atoms with Crippen LogP contribution in [0.2, 0.25) is 0 Å². The maximum absolute atomic E-state index is 2.37. The molecule has 0 aromatic carbocycles. The third kappa shape index (κ3) is 7.20. The Morgan fingerprint density at radius 1 is 1.04 bits per heavy atom. The average molecular weight is 313 g/mol. The lowest BCUT2D eigenvalue weighted by atomic mass is 9.72. The van der Waals surface area contributed by atoms with Crippen LogP contribution in [-0.4, -0.2) is 0 Å². The van der Waals surface area contributed by atoms with Crippen molar-refractivity contribution in [2.75, 3.05) is 0 Å². The lowest BCUT2D eigenvalue weighted by Crippen LogP contribution is -2.19. The van der Waals surface area contributed by atoms with Crippen LogP contribution >= 0.6 is 0 Å². The Morgan fingerprint density at radius 3 is 2.26 bits per heavy atom. The van der Waals surface area contributed by atoms with Crippen molar-refractivity contribution in [1.29, 1.82) is 0 Å². The smallest absolute Gasteiger partial charge is 0.0104 e. The molecule has 23 heavy (non-hydrogen) atoms. The average Bonchev–Trinajstić information content (AvgIpc) is 2.35. The summed E-state index contributed by atoms with van der Waals surface area (Å²) in [5, 5.41) is 0. The van der Waals surface area contributed by atoms with E-state index in [0.29, 0.717) is 5.41 Å². The summed E-state index contributed by atoms with van der Waals surface area (Å²) >= 11 is 0. The molecule has 0 atom stereocenters. The topological polar surface area (TPSA) is 0 Å². The van der Waals surface area contributed by atoms with Crippen LogP contribution in [-0.2, 0) is 0 Å².